The molecular weight excluding hydrogens is 514 g/mol. The Morgan fingerprint density at radius 1 is 0.976 bits per heavy atom. The van der Waals surface area contributed by atoms with Crippen LogP contribution < -0.4 is 10.6 Å². The molecule has 3 aromatic carbocycles. The number of amides is 3. The third-order valence-corrected chi connectivity index (χ3v) is 7.18. The number of anilines is 1. The van der Waals surface area contributed by atoms with Gasteiger partial charge in [-0.1, -0.05) is 74.9 Å². The average Bonchev–Trinajstić information content (AvgIpc) is 2.91. The Bertz CT molecular complexity index is 1410. The highest BCUT2D eigenvalue weighted by Crippen LogP contribution is 2.28. The van der Waals surface area contributed by atoms with E-state index in [0.717, 1.165) is 21.9 Å². The molecule has 0 aliphatic rings. The molecule has 0 saturated carbocycles. The van der Waals surface area contributed by atoms with Gasteiger partial charge in [-0.15, -0.1) is 6.58 Å². The number of benzene rings is 3. The molecule has 218 valence electrons. The van der Waals surface area contributed by atoms with Gasteiger partial charge in [-0.2, -0.15) is 0 Å². The maximum absolute atomic E-state index is 14.3. The SMILES string of the molecule is C=CCN(C(=O)C(NC(=O)OC(C)(C)C)C(C)CC)C(C(=O)Nc1ccc2ccccc2c1)c1ccc(C)c(C)c1. The van der Waals surface area contributed by atoms with Gasteiger partial charge in [0.05, 0.1) is 0 Å². The number of carbonyl (C=O) groups excluding carboxylic acids is 3. The normalized spacial score (nSPS) is 13.5. The van der Waals surface area contributed by atoms with Crippen molar-refractivity contribution >= 4 is 34.4 Å². The number of ether oxygens (including phenoxy) is 1. The van der Waals surface area contributed by atoms with E-state index in [2.05, 4.69) is 17.2 Å². The smallest absolute Gasteiger partial charge is 0.408 e. The molecule has 0 radical (unpaired) electrons. The summed E-state index contributed by atoms with van der Waals surface area (Å²) in [6, 6.07) is 17.5. The minimum absolute atomic E-state index is 0.102. The molecule has 7 heteroatoms. The molecule has 0 aliphatic heterocycles. The number of hydrogen-bond donors (Lipinski definition) is 2. The van der Waals surface area contributed by atoms with Gasteiger partial charge in [0, 0.05) is 12.2 Å². The molecule has 2 N–H and O–H groups in total. The second kappa shape index (κ2) is 13.5. The topological polar surface area (TPSA) is 87.7 Å². The zero-order chi connectivity index (χ0) is 30.3. The average molecular weight is 558 g/mol. The van der Waals surface area contributed by atoms with Crippen molar-refractivity contribution < 1.29 is 19.1 Å². The predicted octanol–water partition coefficient (Wildman–Crippen LogP) is 7.09. The highest BCUT2D eigenvalue weighted by molar-refractivity contribution is 6.00. The summed E-state index contributed by atoms with van der Waals surface area (Å²) in [6.45, 7) is 17.1. The second-order valence-corrected chi connectivity index (χ2v) is 11.6. The van der Waals surface area contributed by atoms with Gasteiger partial charge in [0.2, 0.25) is 5.91 Å². The lowest BCUT2D eigenvalue weighted by Crippen LogP contribution is -2.54. The fraction of sp³-hybridized carbons (Fsp3) is 0.382. The molecule has 3 amide bonds. The predicted molar refractivity (Wildman–Crippen MR) is 166 cm³/mol. The van der Waals surface area contributed by atoms with E-state index < -0.39 is 23.8 Å². The summed E-state index contributed by atoms with van der Waals surface area (Å²) in [6.07, 6.45) is 1.54. The summed E-state index contributed by atoms with van der Waals surface area (Å²) in [5.74, 6) is -0.966. The Kier molecular flexibility index (Phi) is 10.3. The summed E-state index contributed by atoms with van der Waals surface area (Å²) in [7, 11) is 0. The number of carbonyl (C=O) groups is 3. The van der Waals surface area contributed by atoms with Crippen LogP contribution in [0.1, 0.15) is 63.8 Å². The largest absolute Gasteiger partial charge is 0.444 e. The third-order valence-electron chi connectivity index (χ3n) is 7.18. The van der Waals surface area contributed by atoms with Crippen molar-refractivity contribution in [2.45, 2.75) is 72.6 Å². The monoisotopic (exact) mass is 557 g/mol. The van der Waals surface area contributed by atoms with Gasteiger partial charge in [-0.25, -0.2) is 4.79 Å². The van der Waals surface area contributed by atoms with Gasteiger partial charge in [0.15, 0.2) is 0 Å². The van der Waals surface area contributed by atoms with E-state index in [4.69, 9.17) is 4.74 Å². The minimum atomic E-state index is -0.974. The van der Waals surface area contributed by atoms with Crippen LogP contribution in [0.25, 0.3) is 10.8 Å². The molecule has 0 spiro atoms. The standard InChI is InChI=1S/C34H43N3O4/c1-9-19-37(32(39)29(22(3)10-2)36-33(40)41-34(6,7)8)30(27-16-15-23(4)24(5)20-27)31(38)35-28-18-17-25-13-11-12-14-26(25)21-28/h9,11-18,20-22,29-30H,1,10,19H2,2-8H3,(H,35,38)(H,36,40). The highest BCUT2D eigenvalue weighted by Gasteiger charge is 2.37. The zero-order valence-electron chi connectivity index (χ0n) is 25.3. The number of alkyl carbamates (subject to hydrolysis) is 1. The summed E-state index contributed by atoms with van der Waals surface area (Å²) >= 11 is 0. The summed E-state index contributed by atoms with van der Waals surface area (Å²) < 4.78 is 5.47. The van der Waals surface area contributed by atoms with Gasteiger partial charge in [-0.05, 0) is 80.1 Å². The third kappa shape index (κ3) is 8.19. The molecule has 3 aromatic rings. The molecule has 3 rings (SSSR count). The first-order valence-corrected chi connectivity index (χ1v) is 14.1. The molecule has 0 saturated heterocycles. The van der Waals surface area contributed by atoms with Gasteiger partial charge in [0.1, 0.15) is 17.7 Å². The Morgan fingerprint density at radius 2 is 1.66 bits per heavy atom. The molecule has 0 aromatic heterocycles. The summed E-state index contributed by atoms with van der Waals surface area (Å²) in [5.41, 5.74) is 2.64. The number of rotatable bonds is 10. The minimum Gasteiger partial charge on any atom is -0.444 e. The summed E-state index contributed by atoms with van der Waals surface area (Å²) in [5, 5.41) is 7.87. The molecule has 3 unspecified atom stereocenters. The van der Waals surface area contributed by atoms with Crippen molar-refractivity contribution in [1.29, 1.82) is 0 Å². The Balaban J connectivity index is 2.05. The van der Waals surface area contributed by atoms with E-state index in [1.54, 1.807) is 26.8 Å². The van der Waals surface area contributed by atoms with E-state index in [-0.39, 0.29) is 24.3 Å². The van der Waals surface area contributed by atoms with Gasteiger partial charge >= 0.3 is 6.09 Å². The molecule has 3 atom stereocenters. The van der Waals surface area contributed by atoms with Crippen LogP contribution in [-0.2, 0) is 14.3 Å². The highest BCUT2D eigenvalue weighted by atomic mass is 16.6. The fourth-order valence-electron chi connectivity index (χ4n) is 4.64. The van der Waals surface area contributed by atoms with Crippen LogP contribution in [-0.4, -0.2) is 41.0 Å². The van der Waals surface area contributed by atoms with Crippen molar-refractivity contribution in [2.75, 3.05) is 11.9 Å². The molecule has 0 fully saturated rings. The van der Waals surface area contributed by atoms with Gasteiger partial charge < -0.3 is 20.3 Å². The first-order chi connectivity index (χ1) is 19.3. The molecular formula is C34H43N3O4. The van der Waals surface area contributed by atoms with E-state index in [1.807, 2.05) is 88.4 Å². The van der Waals surface area contributed by atoms with Crippen LogP contribution in [0.2, 0.25) is 0 Å². The van der Waals surface area contributed by atoms with Crippen molar-refractivity contribution in [1.82, 2.24) is 10.2 Å². The van der Waals surface area contributed by atoms with Crippen LogP contribution in [0.5, 0.6) is 0 Å². The lowest BCUT2D eigenvalue weighted by molar-refractivity contribution is -0.141. The lowest BCUT2D eigenvalue weighted by Gasteiger charge is -2.35. The van der Waals surface area contributed by atoms with Crippen LogP contribution in [0.15, 0.2) is 73.3 Å². The zero-order valence-corrected chi connectivity index (χ0v) is 25.3. The maximum atomic E-state index is 14.3. The number of nitrogens with one attached hydrogen (secondary N) is 2. The van der Waals surface area contributed by atoms with Crippen LogP contribution >= 0.6 is 0 Å². The number of aryl methyl sites for hydroxylation is 2. The second-order valence-electron chi connectivity index (χ2n) is 11.6. The lowest BCUT2D eigenvalue weighted by atomic mass is 9.94. The van der Waals surface area contributed by atoms with Crippen molar-refractivity contribution in [3.63, 3.8) is 0 Å². The Labute approximate surface area is 244 Å². The molecule has 7 nitrogen and oxygen atoms in total. The van der Waals surface area contributed by atoms with Gasteiger partial charge in [0.25, 0.3) is 5.91 Å². The maximum Gasteiger partial charge on any atom is 0.408 e. The van der Waals surface area contributed by atoms with Crippen molar-refractivity contribution in [3.05, 3.63) is 90.0 Å². The Morgan fingerprint density at radius 3 is 2.27 bits per heavy atom. The van der Waals surface area contributed by atoms with Crippen LogP contribution in [0.4, 0.5) is 10.5 Å². The quantitative estimate of drug-likeness (QED) is 0.261. The first-order valence-electron chi connectivity index (χ1n) is 14.1. The fourth-order valence-corrected chi connectivity index (χ4v) is 4.64. The molecule has 0 bridgehead atoms. The summed E-state index contributed by atoms with van der Waals surface area (Å²) in [4.78, 5) is 42.6. The molecule has 41 heavy (non-hydrogen) atoms. The van der Waals surface area contributed by atoms with Crippen LogP contribution in [0, 0.1) is 19.8 Å². The first kappa shape index (κ1) is 31.4. The van der Waals surface area contributed by atoms with Crippen molar-refractivity contribution in [2.24, 2.45) is 5.92 Å². The van der Waals surface area contributed by atoms with E-state index in [1.165, 1.54) is 4.90 Å². The number of hydrogen-bond acceptors (Lipinski definition) is 4. The van der Waals surface area contributed by atoms with Crippen molar-refractivity contribution in [3.8, 4) is 0 Å². The van der Waals surface area contributed by atoms with E-state index >= 15 is 0 Å². The molecule has 0 aliphatic carbocycles. The number of fused-ring (bicyclic) bond motifs is 1. The van der Waals surface area contributed by atoms with Gasteiger partial charge in [-0.3, -0.25) is 9.59 Å². The Hall–Kier alpha value is -4.13. The van der Waals surface area contributed by atoms with Crippen LogP contribution in [0.3, 0.4) is 0 Å². The van der Waals surface area contributed by atoms with E-state index in [9.17, 15) is 14.4 Å². The molecule has 0 heterocycles. The van der Waals surface area contributed by atoms with E-state index in [0.29, 0.717) is 17.7 Å². The number of nitrogens with zero attached hydrogens (tertiary/aromatic N) is 1.